The zero-order chi connectivity index (χ0) is 13.3. The zero-order valence-electron chi connectivity index (χ0n) is 10.1. The summed E-state index contributed by atoms with van der Waals surface area (Å²) in [5.74, 6) is -0.0260. The maximum absolute atomic E-state index is 12.5. The lowest BCUT2D eigenvalue weighted by molar-refractivity contribution is 0.102. The molecule has 0 aliphatic rings. The van der Waals surface area contributed by atoms with Crippen molar-refractivity contribution in [3.8, 4) is 0 Å². The SMILES string of the molecule is CCn1ncc(Br)c1C(=O)c1ccc(C)c(Br)c1. The normalized spacial score (nSPS) is 10.7. The van der Waals surface area contributed by atoms with E-state index in [1.54, 1.807) is 10.9 Å². The second-order valence-electron chi connectivity index (χ2n) is 3.95. The summed E-state index contributed by atoms with van der Waals surface area (Å²) in [6.07, 6.45) is 1.65. The lowest BCUT2D eigenvalue weighted by Gasteiger charge is -2.06. The van der Waals surface area contributed by atoms with E-state index in [1.165, 1.54) is 0 Å². The van der Waals surface area contributed by atoms with E-state index in [2.05, 4.69) is 37.0 Å². The Kier molecular flexibility index (Phi) is 4.02. The summed E-state index contributed by atoms with van der Waals surface area (Å²) in [5, 5.41) is 4.16. The van der Waals surface area contributed by atoms with E-state index < -0.39 is 0 Å². The van der Waals surface area contributed by atoms with Crippen LogP contribution in [0.3, 0.4) is 0 Å². The molecule has 18 heavy (non-hydrogen) atoms. The highest BCUT2D eigenvalue weighted by Gasteiger charge is 2.18. The van der Waals surface area contributed by atoms with Crippen LogP contribution in [-0.4, -0.2) is 15.6 Å². The van der Waals surface area contributed by atoms with Crippen molar-refractivity contribution in [1.82, 2.24) is 9.78 Å². The number of nitrogens with zero attached hydrogens (tertiary/aromatic N) is 2. The van der Waals surface area contributed by atoms with Crippen molar-refractivity contribution in [2.24, 2.45) is 0 Å². The summed E-state index contributed by atoms with van der Waals surface area (Å²) >= 11 is 6.82. The molecule has 2 rings (SSSR count). The van der Waals surface area contributed by atoms with Crippen molar-refractivity contribution < 1.29 is 4.79 Å². The zero-order valence-corrected chi connectivity index (χ0v) is 13.2. The summed E-state index contributed by atoms with van der Waals surface area (Å²) < 4.78 is 3.36. The van der Waals surface area contributed by atoms with Crippen molar-refractivity contribution in [3.05, 3.63) is 50.2 Å². The minimum absolute atomic E-state index is 0.0260. The third-order valence-electron chi connectivity index (χ3n) is 2.74. The van der Waals surface area contributed by atoms with E-state index in [0.29, 0.717) is 17.8 Å². The number of hydrogen-bond donors (Lipinski definition) is 0. The molecule has 5 heteroatoms. The van der Waals surface area contributed by atoms with Crippen molar-refractivity contribution >= 4 is 37.6 Å². The van der Waals surface area contributed by atoms with Crippen LogP contribution in [0, 0.1) is 6.92 Å². The van der Waals surface area contributed by atoms with Crippen molar-refractivity contribution in [2.75, 3.05) is 0 Å². The summed E-state index contributed by atoms with van der Waals surface area (Å²) in [5.41, 5.74) is 2.35. The van der Waals surface area contributed by atoms with Crippen molar-refractivity contribution in [2.45, 2.75) is 20.4 Å². The summed E-state index contributed by atoms with van der Waals surface area (Å²) in [7, 11) is 0. The molecule has 0 amide bonds. The molecule has 0 saturated heterocycles. The molecular formula is C13H12Br2N2O. The van der Waals surface area contributed by atoms with Gasteiger partial charge >= 0.3 is 0 Å². The van der Waals surface area contributed by atoms with E-state index in [9.17, 15) is 4.79 Å². The quantitative estimate of drug-likeness (QED) is 0.765. The predicted molar refractivity (Wildman–Crippen MR) is 77.9 cm³/mol. The fourth-order valence-corrected chi connectivity index (χ4v) is 2.55. The molecule has 0 bridgehead atoms. The molecular weight excluding hydrogens is 360 g/mol. The number of ketones is 1. The molecule has 0 saturated carbocycles. The highest BCUT2D eigenvalue weighted by Crippen LogP contribution is 2.23. The molecule has 1 aromatic heterocycles. The van der Waals surface area contributed by atoms with Gasteiger partial charge in [-0.1, -0.05) is 28.1 Å². The van der Waals surface area contributed by atoms with Crippen LogP contribution in [0.5, 0.6) is 0 Å². The minimum atomic E-state index is -0.0260. The molecule has 0 N–H and O–H groups in total. The fourth-order valence-electron chi connectivity index (χ4n) is 1.70. The highest BCUT2D eigenvalue weighted by molar-refractivity contribution is 9.10. The van der Waals surface area contributed by atoms with Gasteiger partial charge in [-0.3, -0.25) is 9.48 Å². The molecule has 0 aliphatic heterocycles. The minimum Gasteiger partial charge on any atom is -0.287 e. The van der Waals surface area contributed by atoms with Crippen LogP contribution >= 0.6 is 31.9 Å². The highest BCUT2D eigenvalue weighted by atomic mass is 79.9. The van der Waals surface area contributed by atoms with E-state index in [1.807, 2.05) is 32.0 Å². The second-order valence-corrected chi connectivity index (χ2v) is 5.66. The van der Waals surface area contributed by atoms with Gasteiger partial charge in [0.05, 0.1) is 10.7 Å². The van der Waals surface area contributed by atoms with Gasteiger partial charge in [-0.2, -0.15) is 5.10 Å². The Morgan fingerprint density at radius 1 is 1.33 bits per heavy atom. The van der Waals surface area contributed by atoms with Gasteiger partial charge in [-0.05, 0) is 41.4 Å². The number of aromatic nitrogens is 2. The van der Waals surface area contributed by atoms with Crippen LogP contribution in [0.25, 0.3) is 0 Å². The molecule has 0 unspecified atom stereocenters. The number of carbonyl (C=O) groups excluding carboxylic acids is 1. The monoisotopic (exact) mass is 370 g/mol. The van der Waals surface area contributed by atoms with Gasteiger partial charge in [0.25, 0.3) is 0 Å². The Morgan fingerprint density at radius 3 is 2.67 bits per heavy atom. The predicted octanol–water partition coefficient (Wildman–Crippen LogP) is 3.97. The average molecular weight is 372 g/mol. The summed E-state index contributed by atoms with van der Waals surface area (Å²) in [4.78, 5) is 12.5. The van der Waals surface area contributed by atoms with Gasteiger partial charge in [0.2, 0.25) is 5.78 Å². The Hall–Kier alpha value is -0.940. The van der Waals surface area contributed by atoms with Crippen LogP contribution in [0.1, 0.15) is 28.5 Å². The Morgan fingerprint density at radius 2 is 2.06 bits per heavy atom. The molecule has 94 valence electrons. The van der Waals surface area contributed by atoms with Gasteiger partial charge in [-0.15, -0.1) is 0 Å². The molecule has 0 spiro atoms. The van der Waals surface area contributed by atoms with Crippen LogP contribution in [0.15, 0.2) is 33.3 Å². The maximum atomic E-state index is 12.5. The molecule has 0 aliphatic carbocycles. The molecule has 0 radical (unpaired) electrons. The first kappa shape index (κ1) is 13.5. The third-order valence-corrected chi connectivity index (χ3v) is 4.18. The topological polar surface area (TPSA) is 34.9 Å². The van der Waals surface area contributed by atoms with Gasteiger partial charge < -0.3 is 0 Å². The fraction of sp³-hybridized carbons (Fsp3) is 0.231. The Labute approximate surface area is 122 Å². The number of aryl methyl sites for hydroxylation is 2. The summed E-state index contributed by atoms with van der Waals surface area (Å²) in [6, 6.07) is 5.61. The number of benzene rings is 1. The van der Waals surface area contributed by atoms with Crippen LogP contribution in [0.4, 0.5) is 0 Å². The largest absolute Gasteiger partial charge is 0.287 e. The van der Waals surface area contributed by atoms with E-state index in [4.69, 9.17) is 0 Å². The number of rotatable bonds is 3. The van der Waals surface area contributed by atoms with Gasteiger partial charge in [0.15, 0.2) is 0 Å². The second kappa shape index (κ2) is 5.36. The van der Waals surface area contributed by atoms with E-state index in [0.717, 1.165) is 14.5 Å². The van der Waals surface area contributed by atoms with E-state index in [-0.39, 0.29) is 5.78 Å². The van der Waals surface area contributed by atoms with Crippen LogP contribution in [0.2, 0.25) is 0 Å². The van der Waals surface area contributed by atoms with Crippen LogP contribution < -0.4 is 0 Å². The van der Waals surface area contributed by atoms with Crippen LogP contribution in [-0.2, 0) is 6.54 Å². The number of hydrogen-bond acceptors (Lipinski definition) is 2. The van der Waals surface area contributed by atoms with Gasteiger partial charge in [0, 0.05) is 16.6 Å². The Balaban J connectivity index is 2.47. The van der Waals surface area contributed by atoms with Crippen molar-refractivity contribution in [3.63, 3.8) is 0 Å². The first-order valence-electron chi connectivity index (χ1n) is 5.56. The van der Waals surface area contributed by atoms with E-state index >= 15 is 0 Å². The van der Waals surface area contributed by atoms with Gasteiger partial charge in [0.1, 0.15) is 5.69 Å². The molecule has 1 heterocycles. The molecule has 0 fully saturated rings. The maximum Gasteiger partial charge on any atom is 0.212 e. The third kappa shape index (κ3) is 2.42. The number of halogens is 2. The molecule has 3 nitrogen and oxygen atoms in total. The lowest BCUT2D eigenvalue weighted by atomic mass is 10.1. The number of carbonyl (C=O) groups is 1. The van der Waals surface area contributed by atoms with Gasteiger partial charge in [-0.25, -0.2) is 0 Å². The first-order valence-corrected chi connectivity index (χ1v) is 7.15. The first-order chi connectivity index (χ1) is 8.54. The molecule has 1 aromatic carbocycles. The lowest BCUT2D eigenvalue weighted by Crippen LogP contribution is -2.11. The Bertz CT molecular complexity index is 605. The average Bonchev–Trinajstić information content (AvgIpc) is 2.73. The van der Waals surface area contributed by atoms with Crippen molar-refractivity contribution in [1.29, 1.82) is 0 Å². The molecule has 2 aromatic rings. The smallest absolute Gasteiger partial charge is 0.212 e. The molecule has 0 atom stereocenters. The summed E-state index contributed by atoms with van der Waals surface area (Å²) in [6.45, 7) is 4.62. The standard InChI is InChI=1S/C13H12Br2N2O/c1-3-17-12(11(15)7-16-17)13(18)9-5-4-8(2)10(14)6-9/h4-7H,3H2,1-2H3.